The van der Waals surface area contributed by atoms with Gasteiger partial charge in [-0.3, -0.25) is 0 Å². The fraction of sp³-hybridized carbons (Fsp3) is 0.462. The molecular weight excluding hydrogens is 216 g/mol. The Morgan fingerprint density at radius 3 is 2.44 bits per heavy atom. The predicted molar refractivity (Wildman–Crippen MR) is 74.7 cm³/mol. The van der Waals surface area contributed by atoms with Crippen LogP contribution < -0.4 is 10.6 Å². The summed E-state index contributed by atoms with van der Waals surface area (Å²) in [6.45, 7) is 3.13. The summed E-state index contributed by atoms with van der Waals surface area (Å²) in [5.41, 5.74) is 6.83. The number of thiocarbonyl (C=S) groups is 1. The van der Waals surface area contributed by atoms with Gasteiger partial charge in [0.2, 0.25) is 0 Å². The summed E-state index contributed by atoms with van der Waals surface area (Å²) in [6.07, 6.45) is 4.90. The third-order valence-electron chi connectivity index (χ3n) is 2.57. The first-order valence-corrected chi connectivity index (χ1v) is 6.28. The van der Waals surface area contributed by atoms with E-state index in [1.54, 1.807) is 0 Å². The molecule has 16 heavy (non-hydrogen) atoms. The molecule has 0 spiro atoms. The average Bonchev–Trinajstić information content (AvgIpc) is 2.30. The first-order valence-electron chi connectivity index (χ1n) is 5.87. The van der Waals surface area contributed by atoms with Crippen LogP contribution in [0.5, 0.6) is 0 Å². The highest BCUT2D eigenvalue weighted by molar-refractivity contribution is 7.80. The van der Waals surface area contributed by atoms with Crippen LogP contribution in [-0.4, -0.2) is 11.7 Å². The maximum Gasteiger partial charge on any atom is 0.170 e. The van der Waals surface area contributed by atoms with Crippen LogP contribution >= 0.6 is 12.2 Å². The lowest BCUT2D eigenvalue weighted by Gasteiger charge is -2.22. The zero-order valence-electron chi connectivity index (χ0n) is 9.86. The Kier molecular flexibility index (Phi) is 5.86. The molecule has 2 N–H and O–H groups in total. The lowest BCUT2D eigenvalue weighted by molar-refractivity contribution is 0.672. The summed E-state index contributed by atoms with van der Waals surface area (Å²) < 4.78 is 0. The third-order valence-corrected chi connectivity index (χ3v) is 2.79. The molecule has 0 radical (unpaired) electrons. The van der Waals surface area contributed by atoms with Gasteiger partial charge in [0, 0.05) is 12.2 Å². The molecule has 0 aliphatic rings. The molecule has 1 aromatic carbocycles. The van der Waals surface area contributed by atoms with E-state index in [4.69, 9.17) is 18.0 Å². The van der Waals surface area contributed by atoms with Crippen LogP contribution in [0.25, 0.3) is 0 Å². The minimum Gasteiger partial charge on any atom is -0.376 e. The number of hydrogen-bond donors (Lipinski definition) is 1. The number of benzene rings is 1. The Morgan fingerprint density at radius 1 is 1.19 bits per heavy atom. The van der Waals surface area contributed by atoms with Gasteiger partial charge in [-0.2, -0.15) is 0 Å². The summed E-state index contributed by atoms with van der Waals surface area (Å²) in [4.78, 5) is 2.00. The molecule has 88 valence electrons. The quantitative estimate of drug-likeness (QED) is 0.607. The Balaban J connectivity index is 2.52. The number of para-hydroxylation sites is 1. The third kappa shape index (κ3) is 4.19. The highest BCUT2D eigenvalue weighted by Crippen LogP contribution is 2.14. The van der Waals surface area contributed by atoms with Crippen molar-refractivity contribution < 1.29 is 0 Å². The normalized spacial score (nSPS) is 10.1. The summed E-state index contributed by atoms with van der Waals surface area (Å²) in [5.74, 6) is 0. The van der Waals surface area contributed by atoms with Crippen LogP contribution in [0, 0.1) is 0 Å². The van der Waals surface area contributed by atoms with E-state index in [9.17, 15) is 0 Å². The summed E-state index contributed by atoms with van der Waals surface area (Å²) in [6, 6.07) is 10.1. The van der Waals surface area contributed by atoms with Crippen LogP contribution in [0.1, 0.15) is 32.6 Å². The van der Waals surface area contributed by atoms with Gasteiger partial charge in [-0.25, -0.2) is 0 Å². The fourth-order valence-electron chi connectivity index (χ4n) is 1.67. The second-order valence-corrected chi connectivity index (χ2v) is 4.30. The molecular formula is C13H20N2S. The fourth-order valence-corrected chi connectivity index (χ4v) is 1.87. The minimum atomic E-state index is 0.461. The summed E-state index contributed by atoms with van der Waals surface area (Å²) in [7, 11) is 0. The predicted octanol–water partition coefficient (Wildman–Crippen LogP) is 3.32. The molecule has 3 heteroatoms. The molecule has 0 aromatic heterocycles. The van der Waals surface area contributed by atoms with Crippen LogP contribution in [-0.2, 0) is 0 Å². The minimum absolute atomic E-state index is 0.461. The zero-order chi connectivity index (χ0) is 11.8. The van der Waals surface area contributed by atoms with Crippen molar-refractivity contribution in [1.29, 1.82) is 0 Å². The van der Waals surface area contributed by atoms with E-state index >= 15 is 0 Å². The molecule has 0 amide bonds. The van der Waals surface area contributed by atoms with E-state index in [0.717, 1.165) is 18.7 Å². The maximum atomic E-state index is 5.74. The van der Waals surface area contributed by atoms with E-state index in [-0.39, 0.29) is 0 Å². The lowest BCUT2D eigenvalue weighted by Crippen LogP contribution is -2.36. The van der Waals surface area contributed by atoms with Crippen molar-refractivity contribution in [3.05, 3.63) is 30.3 Å². The highest BCUT2D eigenvalue weighted by Gasteiger charge is 2.07. The van der Waals surface area contributed by atoms with Crippen LogP contribution in [0.4, 0.5) is 5.69 Å². The monoisotopic (exact) mass is 236 g/mol. The van der Waals surface area contributed by atoms with Gasteiger partial charge in [-0.1, -0.05) is 44.4 Å². The van der Waals surface area contributed by atoms with Gasteiger partial charge >= 0.3 is 0 Å². The molecule has 0 fully saturated rings. The second-order valence-electron chi connectivity index (χ2n) is 3.89. The molecule has 1 aromatic rings. The topological polar surface area (TPSA) is 29.3 Å². The SMILES string of the molecule is CCCCCCN(C(N)=S)c1ccccc1. The molecule has 0 aliphatic heterocycles. The molecule has 0 bridgehead atoms. The van der Waals surface area contributed by atoms with Crippen LogP contribution in [0.3, 0.4) is 0 Å². The van der Waals surface area contributed by atoms with Gasteiger partial charge in [0.25, 0.3) is 0 Å². The molecule has 0 aliphatic carbocycles. The molecule has 0 saturated carbocycles. The van der Waals surface area contributed by atoms with E-state index in [2.05, 4.69) is 6.92 Å². The number of nitrogens with two attached hydrogens (primary N) is 1. The molecule has 0 saturated heterocycles. The number of nitrogens with zero attached hydrogens (tertiary/aromatic N) is 1. The van der Waals surface area contributed by atoms with E-state index in [0.29, 0.717) is 5.11 Å². The zero-order valence-corrected chi connectivity index (χ0v) is 10.7. The van der Waals surface area contributed by atoms with Crippen molar-refractivity contribution in [1.82, 2.24) is 0 Å². The molecule has 0 heterocycles. The van der Waals surface area contributed by atoms with Gasteiger partial charge in [-0.15, -0.1) is 0 Å². The Morgan fingerprint density at radius 2 is 1.88 bits per heavy atom. The first-order chi connectivity index (χ1) is 7.75. The lowest BCUT2D eigenvalue weighted by atomic mass is 10.2. The molecule has 1 rings (SSSR count). The molecule has 2 nitrogen and oxygen atoms in total. The van der Waals surface area contributed by atoms with Gasteiger partial charge in [0.05, 0.1) is 0 Å². The van der Waals surface area contributed by atoms with E-state index in [1.807, 2.05) is 35.2 Å². The number of rotatable bonds is 6. The Bertz CT molecular complexity index is 311. The standard InChI is InChI=1S/C13H20N2S/c1-2-3-4-8-11-15(13(14)16)12-9-6-5-7-10-12/h5-7,9-10H,2-4,8,11H2,1H3,(H2,14,16). The van der Waals surface area contributed by atoms with Crippen LogP contribution in [0.2, 0.25) is 0 Å². The summed E-state index contributed by atoms with van der Waals surface area (Å²) in [5, 5.41) is 0.461. The highest BCUT2D eigenvalue weighted by atomic mass is 32.1. The number of hydrogen-bond acceptors (Lipinski definition) is 1. The Hall–Kier alpha value is -1.09. The van der Waals surface area contributed by atoms with Crippen molar-refractivity contribution in [2.45, 2.75) is 32.6 Å². The van der Waals surface area contributed by atoms with Crippen molar-refractivity contribution in [2.24, 2.45) is 5.73 Å². The van der Waals surface area contributed by atoms with Crippen molar-refractivity contribution in [3.8, 4) is 0 Å². The maximum absolute atomic E-state index is 5.74. The average molecular weight is 236 g/mol. The van der Waals surface area contributed by atoms with Gasteiger partial charge < -0.3 is 10.6 Å². The van der Waals surface area contributed by atoms with Crippen molar-refractivity contribution in [2.75, 3.05) is 11.4 Å². The van der Waals surface area contributed by atoms with Crippen molar-refractivity contribution >= 4 is 23.0 Å². The van der Waals surface area contributed by atoms with Gasteiger partial charge in [0.15, 0.2) is 5.11 Å². The molecule has 0 unspecified atom stereocenters. The van der Waals surface area contributed by atoms with Gasteiger partial charge in [-0.05, 0) is 30.8 Å². The van der Waals surface area contributed by atoms with Crippen LogP contribution in [0.15, 0.2) is 30.3 Å². The van der Waals surface area contributed by atoms with Gasteiger partial charge in [0.1, 0.15) is 0 Å². The van der Waals surface area contributed by atoms with E-state index < -0.39 is 0 Å². The number of anilines is 1. The molecule has 0 atom stereocenters. The number of unbranched alkanes of at least 4 members (excludes halogenated alkanes) is 3. The largest absolute Gasteiger partial charge is 0.376 e. The van der Waals surface area contributed by atoms with Crippen molar-refractivity contribution in [3.63, 3.8) is 0 Å². The summed E-state index contributed by atoms with van der Waals surface area (Å²) >= 11 is 5.08. The van der Waals surface area contributed by atoms with E-state index in [1.165, 1.54) is 19.3 Å². The smallest absolute Gasteiger partial charge is 0.170 e. The first kappa shape index (κ1) is 13.0. The second kappa shape index (κ2) is 7.23. The Labute approximate surface area is 103 Å².